The molecule has 2 aromatic heterocycles. The topological polar surface area (TPSA) is 75.4 Å². The lowest BCUT2D eigenvalue weighted by Crippen LogP contribution is -2.37. The van der Waals surface area contributed by atoms with E-state index in [1.165, 1.54) is 11.3 Å². The van der Waals surface area contributed by atoms with E-state index < -0.39 is 0 Å². The molecule has 0 aliphatic heterocycles. The number of aliphatic hydroxyl groups is 1. The van der Waals surface area contributed by atoms with Crippen LogP contribution < -0.4 is 5.32 Å². The maximum atomic E-state index is 12.5. The number of hydrogen-bond acceptors (Lipinski definition) is 5. The van der Waals surface area contributed by atoms with Crippen LogP contribution in [0.25, 0.3) is 10.8 Å². The van der Waals surface area contributed by atoms with Gasteiger partial charge in [0.05, 0.1) is 5.69 Å². The summed E-state index contributed by atoms with van der Waals surface area (Å²) in [6.45, 7) is 3.82. The van der Waals surface area contributed by atoms with Crippen molar-refractivity contribution in [3.8, 4) is 10.8 Å². The molecule has 1 fully saturated rings. The number of furan rings is 1. The second-order valence-electron chi connectivity index (χ2n) is 5.77. The molecule has 3 rings (SSSR count). The summed E-state index contributed by atoms with van der Waals surface area (Å²) >= 11 is 1.35. The number of aryl methyl sites for hydroxylation is 2. The zero-order valence-corrected chi connectivity index (χ0v) is 13.6. The lowest BCUT2D eigenvalue weighted by atomic mass is 10.1. The average molecular weight is 320 g/mol. The molecule has 1 atom stereocenters. The van der Waals surface area contributed by atoms with Gasteiger partial charge in [-0.3, -0.25) is 4.79 Å². The highest BCUT2D eigenvalue weighted by Gasteiger charge is 2.32. The molecule has 0 bridgehead atoms. The predicted octanol–water partition coefficient (Wildman–Crippen LogP) is 2.91. The van der Waals surface area contributed by atoms with E-state index in [1.807, 2.05) is 26.0 Å². The molecule has 22 heavy (non-hydrogen) atoms. The van der Waals surface area contributed by atoms with E-state index in [0.29, 0.717) is 28.7 Å². The van der Waals surface area contributed by atoms with Gasteiger partial charge in [0.1, 0.15) is 10.6 Å². The first-order valence-electron chi connectivity index (χ1n) is 7.54. The maximum absolute atomic E-state index is 12.5. The summed E-state index contributed by atoms with van der Waals surface area (Å²) < 4.78 is 5.57. The summed E-state index contributed by atoms with van der Waals surface area (Å²) in [5.41, 5.74) is 0.713. The third-order valence-corrected chi connectivity index (χ3v) is 5.07. The Kier molecular flexibility index (Phi) is 4.31. The van der Waals surface area contributed by atoms with Crippen LogP contribution in [-0.2, 0) is 0 Å². The molecule has 5 nitrogen and oxygen atoms in total. The van der Waals surface area contributed by atoms with Gasteiger partial charge >= 0.3 is 0 Å². The first-order chi connectivity index (χ1) is 10.6. The Balaban J connectivity index is 1.76. The van der Waals surface area contributed by atoms with Crippen LogP contribution >= 0.6 is 11.3 Å². The number of amides is 1. The van der Waals surface area contributed by atoms with Crippen LogP contribution in [0.3, 0.4) is 0 Å². The molecule has 1 aliphatic rings. The number of carbonyl (C=O) groups excluding carboxylic acids is 1. The Morgan fingerprint density at radius 2 is 2.27 bits per heavy atom. The molecule has 0 radical (unpaired) electrons. The van der Waals surface area contributed by atoms with E-state index in [0.717, 1.165) is 23.6 Å². The van der Waals surface area contributed by atoms with Crippen molar-refractivity contribution in [2.24, 2.45) is 5.92 Å². The smallest absolute Gasteiger partial charge is 0.263 e. The number of aliphatic hydroxyl groups excluding tert-OH is 1. The summed E-state index contributed by atoms with van der Waals surface area (Å²) in [5.74, 6) is 1.93. The van der Waals surface area contributed by atoms with Gasteiger partial charge in [0.15, 0.2) is 10.8 Å². The van der Waals surface area contributed by atoms with E-state index >= 15 is 0 Å². The minimum atomic E-state index is -0.102. The first kappa shape index (κ1) is 15.2. The quantitative estimate of drug-likeness (QED) is 0.858. The number of aromatic nitrogens is 1. The minimum absolute atomic E-state index is 0.0632. The summed E-state index contributed by atoms with van der Waals surface area (Å²) in [5, 5.41) is 12.9. The highest BCUT2D eigenvalue weighted by atomic mass is 32.1. The van der Waals surface area contributed by atoms with Crippen molar-refractivity contribution in [2.45, 2.75) is 39.2 Å². The standard InChI is InChI=1S/C16H20N2O3S/c1-9-3-6-13(21-9)16-17-10(2)14(22-16)15(20)18-12(7-8-19)11-4-5-11/h3,6,11-12,19H,4-5,7-8H2,1-2H3,(H,18,20). The van der Waals surface area contributed by atoms with Gasteiger partial charge in [-0.1, -0.05) is 0 Å². The first-order valence-corrected chi connectivity index (χ1v) is 8.36. The van der Waals surface area contributed by atoms with Crippen molar-refractivity contribution >= 4 is 17.2 Å². The van der Waals surface area contributed by atoms with Crippen LogP contribution in [0, 0.1) is 19.8 Å². The monoisotopic (exact) mass is 320 g/mol. The molecular weight excluding hydrogens is 300 g/mol. The van der Waals surface area contributed by atoms with Gasteiger partial charge in [-0.05, 0) is 51.2 Å². The second-order valence-corrected chi connectivity index (χ2v) is 6.77. The fourth-order valence-electron chi connectivity index (χ4n) is 2.56. The minimum Gasteiger partial charge on any atom is -0.459 e. The second kappa shape index (κ2) is 6.22. The lowest BCUT2D eigenvalue weighted by Gasteiger charge is -2.16. The van der Waals surface area contributed by atoms with Gasteiger partial charge in [0.25, 0.3) is 5.91 Å². The number of nitrogens with one attached hydrogen (secondary N) is 1. The van der Waals surface area contributed by atoms with Crippen molar-refractivity contribution < 1.29 is 14.3 Å². The van der Waals surface area contributed by atoms with Crippen molar-refractivity contribution in [1.29, 1.82) is 0 Å². The zero-order chi connectivity index (χ0) is 15.7. The number of carbonyl (C=O) groups is 1. The van der Waals surface area contributed by atoms with E-state index in [1.54, 1.807) is 0 Å². The van der Waals surface area contributed by atoms with E-state index in [-0.39, 0.29) is 18.6 Å². The third-order valence-electron chi connectivity index (χ3n) is 3.90. The normalized spacial score (nSPS) is 15.8. The van der Waals surface area contributed by atoms with Crippen LogP contribution in [0.15, 0.2) is 16.5 Å². The summed E-state index contributed by atoms with van der Waals surface area (Å²) in [4.78, 5) is 17.5. The largest absolute Gasteiger partial charge is 0.459 e. The number of thiazole rings is 1. The highest BCUT2D eigenvalue weighted by Crippen LogP contribution is 2.35. The Hall–Kier alpha value is -1.66. The Bertz CT molecular complexity index is 673. The van der Waals surface area contributed by atoms with Crippen LogP contribution in [0.2, 0.25) is 0 Å². The van der Waals surface area contributed by atoms with Crippen LogP contribution in [-0.4, -0.2) is 28.6 Å². The van der Waals surface area contributed by atoms with Gasteiger partial charge in [0, 0.05) is 12.6 Å². The maximum Gasteiger partial charge on any atom is 0.263 e. The molecule has 0 aromatic carbocycles. The predicted molar refractivity (Wildman–Crippen MR) is 85.0 cm³/mol. The number of hydrogen-bond donors (Lipinski definition) is 2. The molecule has 2 aromatic rings. The Labute approximate surface area is 133 Å². The number of rotatable bonds is 6. The molecule has 2 N–H and O–H groups in total. The molecule has 0 saturated heterocycles. The molecule has 2 heterocycles. The van der Waals surface area contributed by atoms with Crippen molar-refractivity contribution in [3.63, 3.8) is 0 Å². The summed E-state index contributed by atoms with van der Waals surface area (Å²) in [7, 11) is 0. The summed E-state index contributed by atoms with van der Waals surface area (Å²) in [6, 6.07) is 3.82. The molecule has 118 valence electrons. The van der Waals surface area contributed by atoms with Crippen LogP contribution in [0.4, 0.5) is 0 Å². The third kappa shape index (κ3) is 3.23. The van der Waals surface area contributed by atoms with Gasteiger partial charge in [0.2, 0.25) is 0 Å². The molecule has 0 spiro atoms. The van der Waals surface area contributed by atoms with Gasteiger partial charge in [-0.2, -0.15) is 0 Å². The Morgan fingerprint density at radius 1 is 1.50 bits per heavy atom. The highest BCUT2D eigenvalue weighted by molar-refractivity contribution is 7.17. The van der Waals surface area contributed by atoms with Crippen LogP contribution in [0.5, 0.6) is 0 Å². The fourth-order valence-corrected chi connectivity index (χ4v) is 3.49. The number of nitrogens with zero attached hydrogens (tertiary/aromatic N) is 1. The van der Waals surface area contributed by atoms with Crippen molar-refractivity contribution in [2.75, 3.05) is 6.61 Å². The molecule has 1 unspecified atom stereocenters. The van der Waals surface area contributed by atoms with Crippen molar-refractivity contribution in [3.05, 3.63) is 28.5 Å². The van der Waals surface area contributed by atoms with Crippen molar-refractivity contribution in [1.82, 2.24) is 10.3 Å². The Morgan fingerprint density at radius 3 is 2.86 bits per heavy atom. The van der Waals surface area contributed by atoms with Gasteiger partial charge in [-0.25, -0.2) is 4.98 Å². The zero-order valence-electron chi connectivity index (χ0n) is 12.8. The SMILES string of the molecule is Cc1ccc(-c2nc(C)c(C(=O)NC(CCO)C3CC3)s2)o1. The molecule has 1 amide bonds. The molecular formula is C16H20N2O3S. The average Bonchev–Trinajstić information content (AvgIpc) is 3.13. The molecule has 1 saturated carbocycles. The van der Waals surface area contributed by atoms with Gasteiger partial charge in [-0.15, -0.1) is 11.3 Å². The van der Waals surface area contributed by atoms with Gasteiger partial charge < -0.3 is 14.8 Å². The van der Waals surface area contributed by atoms with E-state index in [9.17, 15) is 4.79 Å². The molecule has 1 aliphatic carbocycles. The van der Waals surface area contributed by atoms with Crippen LogP contribution in [0.1, 0.15) is 40.4 Å². The van der Waals surface area contributed by atoms with E-state index in [2.05, 4.69) is 10.3 Å². The lowest BCUT2D eigenvalue weighted by molar-refractivity contribution is 0.0927. The van der Waals surface area contributed by atoms with E-state index in [4.69, 9.17) is 9.52 Å². The fraction of sp³-hybridized carbons (Fsp3) is 0.500. The molecule has 6 heteroatoms. The summed E-state index contributed by atoms with van der Waals surface area (Å²) in [6.07, 6.45) is 2.87.